The molecule has 1 amide bonds. The molecule has 1 aromatic carbocycles. The number of nitrogens with one attached hydrogen (secondary N) is 1. The molecule has 3 rings (SSSR count). The highest BCUT2D eigenvalue weighted by atomic mass is 16.2. The van der Waals surface area contributed by atoms with Gasteiger partial charge in [0.25, 0.3) is 5.91 Å². The zero-order valence-electron chi connectivity index (χ0n) is 15.3. The summed E-state index contributed by atoms with van der Waals surface area (Å²) in [5.41, 5.74) is 2.00. The summed E-state index contributed by atoms with van der Waals surface area (Å²) in [6, 6.07) is 8.56. The SMILES string of the molecule is CCN(Cc1ccc(C(=O)N2CCC(c3ncn[nH]3)C2)cc1)C(C)C. The summed E-state index contributed by atoms with van der Waals surface area (Å²) in [7, 11) is 0. The first-order valence-electron chi connectivity index (χ1n) is 9.06. The van der Waals surface area contributed by atoms with Gasteiger partial charge in [0, 0.05) is 37.2 Å². The summed E-state index contributed by atoms with van der Waals surface area (Å²) in [6.45, 7) is 10.0. The van der Waals surface area contributed by atoms with Crippen molar-refractivity contribution in [2.24, 2.45) is 0 Å². The Bertz CT molecular complexity index is 680. The number of H-pyrrole nitrogens is 1. The average molecular weight is 341 g/mol. The van der Waals surface area contributed by atoms with Crippen molar-refractivity contribution < 1.29 is 4.79 Å². The van der Waals surface area contributed by atoms with Gasteiger partial charge >= 0.3 is 0 Å². The molecule has 1 N–H and O–H groups in total. The standard InChI is InChI=1S/C19H27N5O/c1-4-23(14(2)3)11-15-5-7-16(8-6-15)19(25)24-10-9-17(12-24)18-20-13-21-22-18/h5-8,13-14,17H,4,9-12H2,1-3H3,(H,20,21,22). The minimum Gasteiger partial charge on any atom is -0.338 e. The first-order chi connectivity index (χ1) is 12.1. The van der Waals surface area contributed by atoms with E-state index >= 15 is 0 Å². The maximum absolute atomic E-state index is 12.7. The van der Waals surface area contributed by atoms with E-state index in [4.69, 9.17) is 0 Å². The third-order valence-corrected chi connectivity index (χ3v) is 5.02. The number of rotatable bonds is 6. The van der Waals surface area contributed by atoms with E-state index in [9.17, 15) is 4.79 Å². The molecule has 0 spiro atoms. The Balaban J connectivity index is 1.61. The highest BCUT2D eigenvalue weighted by Crippen LogP contribution is 2.25. The molecule has 0 bridgehead atoms. The van der Waals surface area contributed by atoms with Crippen LogP contribution in [0.1, 0.15) is 54.9 Å². The average Bonchev–Trinajstić information content (AvgIpc) is 3.30. The Morgan fingerprint density at radius 2 is 2.12 bits per heavy atom. The molecule has 1 atom stereocenters. The van der Waals surface area contributed by atoms with E-state index in [1.807, 2.05) is 17.0 Å². The van der Waals surface area contributed by atoms with Crippen LogP contribution in [0, 0.1) is 0 Å². The molecule has 6 heteroatoms. The molecule has 25 heavy (non-hydrogen) atoms. The molecule has 1 aromatic heterocycles. The highest BCUT2D eigenvalue weighted by Gasteiger charge is 2.29. The van der Waals surface area contributed by atoms with Crippen LogP contribution in [0.5, 0.6) is 0 Å². The van der Waals surface area contributed by atoms with Crippen LogP contribution in [0.25, 0.3) is 0 Å². The number of aromatic nitrogens is 3. The molecular formula is C19H27N5O. The summed E-state index contributed by atoms with van der Waals surface area (Å²) in [6.07, 6.45) is 2.45. The summed E-state index contributed by atoms with van der Waals surface area (Å²) in [4.78, 5) is 21.3. The summed E-state index contributed by atoms with van der Waals surface area (Å²) >= 11 is 0. The third kappa shape index (κ3) is 4.07. The minimum absolute atomic E-state index is 0.102. The van der Waals surface area contributed by atoms with Crippen molar-refractivity contribution in [2.75, 3.05) is 19.6 Å². The molecule has 0 saturated carbocycles. The predicted octanol–water partition coefficient (Wildman–Crippen LogP) is 2.66. The van der Waals surface area contributed by atoms with Gasteiger partial charge in [0.2, 0.25) is 0 Å². The monoisotopic (exact) mass is 341 g/mol. The molecule has 0 aliphatic carbocycles. The van der Waals surface area contributed by atoms with Crippen molar-refractivity contribution in [1.82, 2.24) is 25.0 Å². The Kier molecular flexibility index (Phi) is 5.48. The first-order valence-corrected chi connectivity index (χ1v) is 9.06. The number of aromatic amines is 1. The highest BCUT2D eigenvalue weighted by molar-refractivity contribution is 5.94. The van der Waals surface area contributed by atoms with Crippen molar-refractivity contribution in [2.45, 2.75) is 45.7 Å². The van der Waals surface area contributed by atoms with Gasteiger partial charge < -0.3 is 4.90 Å². The molecule has 1 saturated heterocycles. The van der Waals surface area contributed by atoms with Gasteiger partial charge in [-0.05, 0) is 44.5 Å². The lowest BCUT2D eigenvalue weighted by Gasteiger charge is -2.24. The zero-order valence-corrected chi connectivity index (χ0v) is 15.3. The number of nitrogens with zero attached hydrogens (tertiary/aromatic N) is 4. The van der Waals surface area contributed by atoms with Crippen molar-refractivity contribution in [3.63, 3.8) is 0 Å². The normalized spacial score (nSPS) is 17.6. The third-order valence-electron chi connectivity index (χ3n) is 5.02. The molecule has 2 heterocycles. The Morgan fingerprint density at radius 3 is 2.72 bits per heavy atom. The quantitative estimate of drug-likeness (QED) is 0.877. The fourth-order valence-electron chi connectivity index (χ4n) is 3.41. The lowest BCUT2D eigenvalue weighted by molar-refractivity contribution is 0.0790. The van der Waals surface area contributed by atoms with E-state index in [1.54, 1.807) is 0 Å². The molecular weight excluding hydrogens is 314 g/mol. The van der Waals surface area contributed by atoms with E-state index in [-0.39, 0.29) is 11.8 Å². The number of benzene rings is 1. The predicted molar refractivity (Wildman–Crippen MR) is 97.3 cm³/mol. The fraction of sp³-hybridized carbons (Fsp3) is 0.526. The van der Waals surface area contributed by atoms with Crippen LogP contribution in [-0.4, -0.2) is 56.6 Å². The van der Waals surface area contributed by atoms with Crippen molar-refractivity contribution in [3.05, 3.63) is 47.5 Å². The number of carbonyl (C=O) groups excluding carboxylic acids is 1. The van der Waals surface area contributed by atoms with Crippen molar-refractivity contribution in [3.8, 4) is 0 Å². The Hall–Kier alpha value is -2.21. The lowest BCUT2D eigenvalue weighted by atomic mass is 10.1. The van der Waals surface area contributed by atoms with E-state index < -0.39 is 0 Å². The molecule has 6 nitrogen and oxygen atoms in total. The molecule has 2 aromatic rings. The van der Waals surface area contributed by atoms with E-state index in [1.165, 1.54) is 11.9 Å². The largest absolute Gasteiger partial charge is 0.338 e. The lowest BCUT2D eigenvalue weighted by Crippen LogP contribution is -2.30. The molecule has 134 valence electrons. The van der Waals surface area contributed by atoms with E-state index in [2.05, 4.69) is 53.0 Å². The Morgan fingerprint density at radius 1 is 1.36 bits per heavy atom. The first kappa shape index (κ1) is 17.6. The molecule has 0 radical (unpaired) electrons. The number of amides is 1. The van der Waals surface area contributed by atoms with Gasteiger partial charge in [-0.2, -0.15) is 5.10 Å². The van der Waals surface area contributed by atoms with Crippen molar-refractivity contribution >= 4 is 5.91 Å². The zero-order chi connectivity index (χ0) is 17.8. The summed E-state index contributed by atoms with van der Waals surface area (Å²) in [5.74, 6) is 1.23. The van der Waals surface area contributed by atoms with Gasteiger partial charge in [-0.15, -0.1) is 0 Å². The maximum Gasteiger partial charge on any atom is 0.253 e. The van der Waals surface area contributed by atoms with Gasteiger partial charge in [0.1, 0.15) is 12.2 Å². The van der Waals surface area contributed by atoms with E-state index in [0.717, 1.165) is 37.4 Å². The van der Waals surface area contributed by atoms with Crippen LogP contribution in [0.4, 0.5) is 0 Å². The van der Waals surface area contributed by atoms with Crippen LogP contribution < -0.4 is 0 Å². The number of hydrogen-bond donors (Lipinski definition) is 1. The van der Waals surface area contributed by atoms with Gasteiger partial charge in [-0.3, -0.25) is 14.8 Å². The molecule has 1 fully saturated rings. The minimum atomic E-state index is 0.102. The van der Waals surface area contributed by atoms with E-state index in [0.29, 0.717) is 12.6 Å². The Labute approximate surface area is 149 Å². The van der Waals surface area contributed by atoms with Crippen LogP contribution >= 0.6 is 0 Å². The number of likely N-dealkylation sites (tertiary alicyclic amines) is 1. The topological polar surface area (TPSA) is 65.1 Å². The molecule has 1 unspecified atom stereocenters. The maximum atomic E-state index is 12.7. The van der Waals surface area contributed by atoms with Crippen LogP contribution in [0.15, 0.2) is 30.6 Å². The summed E-state index contributed by atoms with van der Waals surface area (Å²) < 4.78 is 0. The van der Waals surface area contributed by atoms with Crippen LogP contribution in [0.2, 0.25) is 0 Å². The molecule has 1 aliphatic heterocycles. The van der Waals surface area contributed by atoms with Gasteiger partial charge in [0.15, 0.2) is 0 Å². The smallest absolute Gasteiger partial charge is 0.253 e. The van der Waals surface area contributed by atoms with Gasteiger partial charge in [-0.25, -0.2) is 4.98 Å². The van der Waals surface area contributed by atoms with Crippen LogP contribution in [0.3, 0.4) is 0 Å². The number of hydrogen-bond acceptors (Lipinski definition) is 4. The fourth-order valence-corrected chi connectivity index (χ4v) is 3.41. The van der Waals surface area contributed by atoms with Crippen molar-refractivity contribution in [1.29, 1.82) is 0 Å². The second kappa shape index (κ2) is 7.78. The number of carbonyl (C=O) groups is 1. The van der Waals surface area contributed by atoms with Gasteiger partial charge in [0.05, 0.1) is 0 Å². The molecule has 1 aliphatic rings. The summed E-state index contributed by atoms with van der Waals surface area (Å²) in [5, 5.41) is 6.82. The second-order valence-electron chi connectivity index (χ2n) is 6.96. The van der Waals surface area contributed by atoms with Crippen LogP contribution in [-0.2, 0) is 6.54 Å². The second-order valence-corrected chi connectivity index (χ2v) is 6.96. The van der Waals surface area contributed by atoms with Gasteiger partial charge in [-0.1, -0.05) is 19.1 Å².